The van der Waals surface area contributed by atoms with E-state index in [1.54, 1.807) is 6.07 Å². The fourth-order valence-electron chi connectivity index (χ4n) is 0.798. The first-order chi connectivity index (χ1) is 6.03. The van der Waals surface area contributed by atoms with Crippen LogP contribution in [0.25, 0.3) is 0 Å². The minimum atomic E-state index is -4.74. The number of hydrogen-bond acceptors (Lipinski definition) is 5. The zero-order chi connectivity index (χ0) is 9.90. The molecule has 0 amide bonds. The molecule has 0 aliphatic rings. The molecule has 0 bridgehead atoms. The maximum absolute atomic E-state index is 10.2. The third-order valence-corrected chi connectivity index (χ3v) is 1.64. The third kappa shape index (κ3) is 4.30. The Balaban J connectivity index is 0.00000169. The van der Waals surface area contributed by atoms with Gasteiger partial charge in [0.2, 0.25) is 0 Å². The molecule has 0 saturated heterocycles. The molecule has 0 spiro atoms. The first-order valence-corrected chi connectivity index (χ1v) is 4.64. The third-order valence-electron chi connectivity index (χ3n) is 1.26. The van der Waals surface area contributed by atoms with Gasteiger partial charge in [0, 0.05) is 0 Å². The molecule has 0 atom stereocenters. The van der Waals surface area contributed by atoms with Gasteiger partial charge in [-0.25, -0.2) is 8.42 Å². The zero-order valence-electron chi connectivity index (χ0n) is 7.76. The minimum absolute atomic E-state index is 0. The van der Waals surface area contributed by atoms with E-state index >= 15 is 0 Å². The van der Waals surface area contributed by atoms with Crippen molar-refractivity contribution in [3.05, 3.63) is 24.3 Å². The second kappa shape index (κ2) is 5.57. The fourth-order valence-corrected chi connectivity index (χ4v) is 1.16. The van der Waals surface area contributed by atoms with Crippen LogP contribution in [0.5, 0.6) is 11.5 Å². The molecule has 1 aromatic carbocycles. The average molecular weight is 226 g/mol. The van der Waals surface area contributed by atoms with Crippen LogP contribution in [0.4, 0.5) is 0 Å². The maximum atomic E-state index is 10.2. The van der Waals surface area contributed by atoms with Crippen LogP contribution in [0.1, 0.15) is 0 Å². The van der Waals surface area contributed by atoms with Crippen molar-refractivity contribution < 1.29 is 51.4 Å². The van der Waals surface area contributed by atoms with E-state index in [0.717, 1.165) is 0 Å². The van der Waals surface area contributed by atoms with Gasteiger partial charge in [0.25, 0.3) is 10.4 Å². The van der Waals surface area contributed by atoms with Gasteiger partial charge in [-0.3, -0.25) is 0 Å². The van der Waals surface area contributed by atoms with E-state index in [2.05, 4.69) is 4.18 Å². The Bertz CT molecular complexity index is 389. The predicted octanol–water partition coefficient (Wildman–Crippen LogP) is -2.46. The molecule has 0 saturated carbocycles. The van der Waals surface area contributed by atoms with E-state index in [0.29, 0.717) is 0 Å². The van der Waals surface area contributed by atoms with Gasteiger partial charge in [0.05, 0.1) is 7.11 Å². The van der Waals surface area contributed by atoms with Gasteiger partial charge in [-0.15, -0.1) is 0 Å². The molecule has 72 valence electrons. The monoisotopic (exact) mass is 226 g/mol. The quantitative estimate of drug-likeness (QED) is 0.324. The number of para-hydroxylation sites is 2. The van der Waals surface area contributed by atoms with Gasteiger partial charge < -0.3 is 13.5 Å². The Hall–Kier alpha value is -0.270. The summed E-state index contributed by atoms with van der Waals surface area (Å²) in [6.45, 7) is 0. The molecule has 5 nitrogen and oxygen atoms in total. The molecule has 1 aromatic rings. The van der Waals surface area contributed by atoms with Crippen molar-refractivity contribution in [3.63, 3.8) is 0 Å². The van der Waals surface area contributed by atoms with Crippen LogP contribution < -0.4 is 38.5 Å². The normalized spacial score (nSPS) is 10.1. The van der Waals surface area contributed by atoms with Crippen LogP contribution in [-0.4, -0.2) is 20.1 Å². The van der Waals surface area contributed by atoms with E-state index in [9.17, 15) is 13.0 Å². The van der Waals surface area contributed by atoms with Gasteiger partial charge in [-0.1, -0.05) is 12.1 Å². The summed E-state index contributed by atoms with van der Waals surface area (Å²) in [5, 5.41) is 0. The molecule has 0 aliphatic heterocycles. The summed E-state index contributed by atoms with van der Waals surface area (Å²) in [6, 6.07) is 5.97. The minimum Gasteiger partial charge on any atom is -0.716 e. The predicted molar refractivity (Wildman–Crippen MR) is 43.3 cm³/mol. The Labute approximate surface area is 104 Å². The van der Waals surface area contributed by atoms with Gasteiger partial charge in [-0.2, -0.15) is 0 Å². The number of benzene rings is 1. The first-order valence-electron chi connectivity index (χ1n) is 3.31. The van der Waals surface area contributed by atoms with Crippen molar-refractivity contribution in [2.45, 2.75) is 0 Å². The van der Waals surface area contributed by atoms with Gasteiger partial charge in [-0.05, 0) is 12.1 Å². The molecule has 7 heteroatoms. The molecule has 0 unspecified atom stereocenters. The molecule has 0 aliphatic carbocycles. The standard InChI is InChI=1S/C7H8O5S.Na/c1-11-6-4-2-3-5-7(6)12-13(8,9)10;/h2-5H,1H3,(H,8,9,10);/q;+1/p-1. The Morgan fingerprint density at radius 3 is 2.14 bits per heavy atom. The second-order valence-corrected chi connectivity index (χ2v) is 3.13. The van der Waals surface area contributed by atoms with Crippen molar-refractivity contribution in [1.82, 2.24) is 0 Å². The molecule has 0 heterocycles. The van der Waals surface area contributed by atoms with Crippen LogP contribution in [0.2, 0.25) is 0 Å². The summed E-state index contributed by atoms with van der Waals surface area (Å²) >= 11 is 0. The summed E-state index contributed by atoms with van der Waals surface area (Å²) in [7, 11) is -3.39. The summed E-state index contributed by atoms with van der Waals surface area (Å²) in [4.78, 5) is 0. The number of hydrogen-bond donors (Lipinski definition) is 0. The van der Waals surface area contributed by atoms with E-state index in [1.165, 1.54) is 25.3 Å². The molecule has 0 N–H and O–H groups in total. The Kier molecular flexibility index (Phi) is 5.46. The van der Waals surface area contributed by atoms with Crippen LogP contribution in [0.3, 0.4) is 0 Å². The van der Waals surface area contributed by atoms with Crippen LogP contribution in [0, 0.1) is 0 Å². The number of methoxy groups -OCH3 is 1. The SMILES string of the molecule is COc1ccccc1OS(=O)(=O)[O-].[Na+]. The largest absolute Gasteiger partial charge is 1.00 e. The van der Waals surface area contributed by atoms with Crippen LogP contribution in [0.15, 0.2) is 24.3 Å². The fraction of sp³-hybridized carbons (Fsp3) is 0.143. The summed E-state index contributed by atoms with van der Waals surface area (Å²) in [6.07, 6.45) is 0. The van der Waals surface area contributed by atoms with Crippen LogP contribution >= 0.6 is 0 Å². The first kappa shape index (κ1) is 13.7. The summed E-state index contributed by atoms with van der Waals surface area (Å²) in [5.74, 6) is 0.0851. The van der Waals surface area contributed by atoms with Crippen molar-refractivity contribution in [2.24, 2.45) is 0 Å². The zero-order valence-corrected chi connectivity index (χ0v) is 10.6. The molecular weight excluding hydrogens is 219 g/mol. The van der Waals surface area contributed by atoms with E-state index in [-0.39, 0.29) is 41.1 Å². The Morgan fingerprint density at radius 2 is 1.71 bits per heavy atom. The van der Waals surface area contributed by atoms with Crippen molar-refractivity contribution in [3.8, 4) is 11.5 Å². The van der Waals surface area contributed by atoms with Crippen molar-refractivity contribution in [2.75, 3.05) is 7.11 Å². The van der Waals surface area contributed by atoms with Gasteiger partial charge >= 0.3 is 29.6 Å². The number of ether oxygens (including phenoxy) is 1. The maximum Gasteiger partial charge on any atom is 1.00 e. The Morgan fingerprint density at radius 1 is 1.21 bits per heavy atom. The molecule has 1 rings (SSSR count). The molecule has 14 heavy (non-hydrogen) atoms. The van der Waals surface area contributed by atoms with Crippen molar-refractivity contribution in [1.29, 1.82) is 0 Å². The van der Waals surface area contributed by atoms with Gasteiger partial charge in [0.15, 0.2) is 11.5 Å². The van der Waals surface area contributed by atoms with E-state index < -0.39 is 10.4 Å². The van der Waals surface area contributed by atoms with E-state index in [4.69, 9.17) is 4.74 Å². The van der Waals surface area contributed by atoms with Crippen LogP contribution in [-0.2, 0) is 10.4 Å². The molecule has 0 radical (unpaired) electrons. The molecule has 0 fully saturated rings. The second-order valence-electron chi connectivity index (χ2n) is 2.14. The van der Waals surface area contributed by atoms with Crippen molar-refractivity contribution >= 4 is 10.4 Å². The van der Waals surface area contributed by atoms with E-state index in [1.807, 2.05) is 0 Å². The smallest absolute Gasteiger partial charge is 0.716 e. The number of rotatable bonds is 3. The summed E-state index contributed by atoms with van der Waals surface area (Å²) in [5.41, 5.74) is 0. The topological polar surface area (TPSA) is 75.7 Å². The summed E-state index contributed by atoms with van der Waals surface area (Å²) < 4.78 is 39.6. The van der Waals surface area contributed by atoms with Gasteiger partial charge in [0.1, 0.15) is 0 Å². The average Bonchev–Trinajstić information content (AvgIpc) is 2.02. The molecular formula is C7H7NaO5S. The molecule has 0 aromatic heterocycles.